The molecule has 0 spiro atoms. The molecule has 0 aliphatic carbocycles. The zero-order valence-corrected chi connectivity index (χ0v) is 9.70. The lowest BCUT2D eigenvalue weighted by molar-refractivity contribution is -0.137. The minimum absolute atomic E-state index is 0.383. The predicted molar refractivity (Wildman–Crippen MR) is 66.0 cm³/mol. The zero-order valence-electron chi connectivity index (χ0n) is 9.70. The largest absolute Gasteiger partial charge is 0.417 e. The van der Waals surface area contributed by atoms with Crippen molar-refractivity contribution in [1.29, 1.82) is 5.26 Å². The summed E-state index contributed by atoms with van der Waals surface area (Å²) in [5.74, 6) is 0. The molecule has 0 radical (unpaired) electrons. The van der Waals surface area contributed by atoms with Crippen LogP contribution in [0.15, 0.2) is 42.5 Å². The fraction of sp³-hybridized carbons (Fsp3) is 0.0714. The van der Waals surface area contributed by atoms with E-state index in [2.05, 4.69) is 0 Å². The molecule has 0 fully saturated rings. The summed E-state index contributed by atoms with van der Waals surface area (Å²) in [6, 6.07) is 11.7. The maximum absolute atomic E-state index is 12.8. The normalized spacial score (nSPS) is 11.1. The van der Waals surface area contributed by atoms with Crippen molar-refractivity contribution in [3.8, 4) is 17.2 Å². The van der Waals surface area contributed by atoms with Crippen molar-refractivity contribution in [2.45, 2.75) is 6.18 Å². The number of nitrogen functional groups attached to an aromatic ring is 1. The zero-order chi connectivity index (χ0) is 14.0. The summed E-state index contributed by atoms with van der Waals surface area (Å²) < 4.78 is 38.5. The van der Waals surface area contributed by atoms with Gasteiger partial charge < -0.3 is 5.73 Å². The molecule has 0 amide bonds. The first-order valence-electron chi connectivity index (χ1n) is 5.39. The first-order chi connectivity index (χ1) is 8.91. The number of anilines is 1. The second kappa shape index (κ2) is 4.65. The van der Waals surface area contributed by atoms with Crippen molar-refractivity contribution in [2.24, 2.45) is 0 Å². The summed E-state index contributed by atoms with van der Waals surface area (Å²) in [6.45, 7) is 0. The van der Waals surface area contributed by atoms with Gasteiger partial charge in [-0.2, -0.15) is 18.4 Å². The van der Waals surface area contributed by atoms with Crippen LogP contribution in [-0.4, -0.2) is 0 Å². The van der Waals surface area contributed by atoms with Gasteiger partial charge in [0.15, 0.2) is 0 Å². The van der Waals surface area contributed by atoms with Crippen LogP contribution >= 0.6 is 0 Å². The number of hydrogen-bond donors (Lipinski definition) is 1. The standard InChI is InChI=1S/C14H9F3N2/c15-14(16,17)13-7-10(1-2-11(13)8-18)9-3-5-12(19)6-4-9/h1-7H,19H2. The lowest BCUT2D eigenvalue weighted by Crippen LogP contribution is -2.07. The Bertz CT molecular complexity index is 637. The summed E-state index contributed by atoms with van der Waals surface area (Å²) in [5.41, 5.74) is 5.76. The maximum atomic E-state index is 12.8. The van der Waals surface area contributed by atoms with Crippen LogP contribution in [-0.2, 0) is 6.18 Å². The molecule has 96 valence electrons. The Morgan fingerprint density at radius 1 is 0.947 bits per heavy atom. The lowest BCUT2D eigenvalue weighted by atomic mass is 9.99. The second-order valence-corrected chi connectivity index (χ2v) is 3.99. The van der Waals surface area contributed by atoms with Crippen LogP contribution < -0.4 is 5.73 Å². The van der Waals surface area contributed by atoms with Crippen molar-refractivity contribution < 1.29 is 13.2 Å². The molecular weight excluding hydrogens is 253 g/mol. The van der Waals surface area contributed by atoms with Gasteiger partial charge in [0.1, 0.15) is 0 Å². The predicted octanol–water partition coefficient (Wildman–Crippen LogP) is 3.83. The Morgan fingerprint density at radius 2 is 1.53 bits per heavy atom. The van der Waals surface area contributed by atoms with Crippen molar-refractivity contribution in [3.05, 3.63) is 53.6 Å². The van der Waals surface area contributed by atoms with Crippen LogP contribution in [0.3, 0.4) is 0 Å². The number of nitrogens with zero attached hydrogens (tertiary/aromatic N) is 1. The third-order valence-corrected chi connectivity index (χ3v) is 2.69. The third kappa shape index (κ3) is 2.68. The van der Waals surface area contributed by atoms with Gasteiger partial charge in [0.05, 0.1) is 17.2 Å². The second-order valence-electron chi connectivity index (χ2n) is 3.99. The van der Waals surface area contributed by atoms with Gasteiger partial charge in [-0.05, 0) is 35.4 Å². The highest BCUT2D eigenvalue weighted by molar-refractivity contribution is 5.67. The molecule has 19 heavy (non-hydrogen) atoms. The Labute approximate surface area is 107 Å². The Morgan fingerprint density at radius 3 is 2.05 bits per heavy atom. The average Bonchev–Trinajstić information content (AvgIpc) is 2.38. The third-order valence-electron chi connectivity index (χ3n) is 2.69. The van der Waals surface area contributed by atoms with E-state index in [-0.39, 0.29) is 5.56 Å². The molecular formula is C14H9F3N2. The summed E-state index contributed by atoms with van der Waals surface area (Å²) in [7, 11) is 0. The topological polar surface area (TPSA) is 49.8 Å². The van der Waals surface area contributed by atoms with Gasteiger partial charge in [-0.1, -0.05) is 18.2 Å². The summed E-state index contributed by atoms with van der Waals surface area (Å²) >= 11 is 0. The van der Waals surface area contributed by atoms with E-state index in [1.807, 2.05) is 0 Å². The molecule has 5 heteroatoms. The number of benzene rings is 2. The number of alkyl halides is 3. The van der Waals surface area contributed by atoms with Crippen LogP contribution in [0.1, 0.15) is 11.1 Å². The fourth-order valence-electron chi connectivity index (χ4n) is 1.73. The summed E-state index contributed by atoms with van der Waals surface area (Å²) in [5, 5.41) is 8.71. The van der Waals surface area contributed by atoms with E-state index in [1.54, 1.807) is 30.3 Å². The average molecular weight is 262 g/mol. The van der Waals surface area contributed by atoms with Gasteiger partial charge in [-0.25, -0.2) is 0 Å². The van der Waals surface area contributed by atoms with Crippen LogP contribution in [0.2, 0.25) is 0 Å². The number of hydrogen-bond acceptors (Lipinski definition) is 2. The Kier molecular flexibility index (Phi) is 3.17. The molecule has 0 heterocycles. The number of rotatable bonds is 1. The molecule has 0 aromatic heterocycles. The van der Waals surface area contributed by atoms with Gasteiger partial charge in [-0.15, -0.1) is 0 Å². The van der Waals surface area contributed by atoms with Gasteiger partial charge in [-0.3, -0.25) is 0 Å². The molecule has 0 saturated carbocycles. The number of halogens is 3. The monoisotopic (exact) mass is 262 g/mol. The number of nitriles is 1. The van der Waals surface area contributed by atoms with Crippen molar-refractivity contribution in [2.75, 3.05) is 5.73 Å². The van der Waals surface area contributed by atoms with E-state index in [0.29, 0.717) is 16.8 Å². The fourth-order valence-corrected chi connectivity index (χ4v) is 1.73. The minimum Gasteiger partial charge on any atom is -0.399 e. The van der Waals surface area contributed by atoms with Crippen LogP contribution in [0.4, 0.5) is 18.9 Å². The molecule has 0 saturated heterocycles. The van der Waals surface area contributed by atoms with E-state index >= 15 is 0 Å². The SMILES string of the molecule is N#Cc1ccc(-c2ccc(N)cc2)cc1C(F)(F)F. The van der Waals surface area contributed by atoms with Gasteiger partial charge in [0.25, 0.3) is 0 Å². The Balaban J connectivity index is 2.56. The number of nitrogens with two attached hydrogens (primary N) is 1. The minimum atomic E-state index is -4.55. The van der Waals surface area contributed by atoms with Crippen molar-refractivity contribution in [1.82, 2.24) is 0 Å². The molecule has 0 aliphatic heterocycles. The molecule has 0 aliphatic rings. The van der Waals surface area contributed by atoms with Gasteiger partial charge >= 0.3 is 6.18 Å². The Hall–Kier alpha value is -2.48. The molecule has 2 N–H and O–H groups in total. The van der Waals surface area contributed by atoms with Gasteiger partial charge in [0.2, 0.25) is 0 Å². The first kappa shape index (κ1) is 13.0. The molecule has 2 rings (SSSR count). The molecule has 0 atom stereocenters. The van der Waals surface area contributed by atoms with Crippen LogP contribution in [0.5, 0.6) is 0 Å². The summed E-state index contributed by atoms with van der Waals surface area (Å²) in [4.78, 5) is 0. The smallest absolute Gasteiger partial charge is 0.399 e. The molecule has 2 aromatic rings. The first-order valence-corrected chi connectivity index (χ1v) is 5.39. The lowest BCUT2D eigenvalue weighted by Gasteiger charge is -2.11. The van der Waals surface area contributed by atoms with Crippen LogP contribution in [0, 0.1) is 11.3 Å². The molecule has 2 aromatic carbocycles. The maximum Gasteiger partial charge on any atom is 0.417 e. The van der Waals surface area contributed by atoms with Crippen molar-refractivity contribution in [3.63, 3.8) is 0 Å². The quantitative estimate of drug-likeness (QED) is 0.794. The van der Waals surface area contributed by atoms with Gasteiger partial charge in [0, 0.05) is 5.69 Å². The van der Waals surface area contributed by atoms with Crippen molar-refractivity contribution >= 4 is 5.69 Å². The van der Waals surface area contributed by atoms with E-state index in [9.17, 15) is 13.2 Å². The highest BCUT2D eigenvalue weighted by Crippen LogP contribution is 2.34. The highest BCUT2D eigenvalue weighted by Gasteiger charge is 2.33. The molecule has 0 unspecified atom stereocenters. The van der Waals surface area contributed by atoms with Crippen LogP contribution in [0.25, 0.3) is 11.1 Å². The van der Waals surface area contributed by atoms with E-state index in [0.717, 1.165) is 6.07 Å². The highest BCUT2D eigenvalue weighted by atomic mass is 19.4. The van der Waals surface area contributed by atoms with E-state index < -0.39 is 11.7 Å². The van der Waals surface area contributed by atoms with E-state index in [1.165, 1.54) is 12.1 Å². The van der Waals surface area contributed by atoms with E-state index in [4.69, 9.17) is 11.0 Å². The summed E-state index contributed by atoms with van der Waals surface area (Å²) in [6.07, 6.45) is -4.55. The molecule has 0 bridgehead atoms. The molecule has 2 nitrogen and oxygen atoms in total.